The fourth-order valence-corrected chi connectivity index (χ4v) is 2.75. The summed E-state index contributed by atoms with van der Waals surface area (Å²) in [4.78, 5) is 16.7. The topological polar surface area (TPSA) is 53.4 Å². The molecule has 1 aromatic heterocycles. The van der Waals surface area contributed by atoms with Crippen molar-refractivity contribution in [1.82, 2.24) is 9.55 Å². The SMILES string of the molecule is CCOc1ccccc1C(=O)OC(C)c1nc2ccccc2n1C(F)F. The molecule has 3 aromatic rings. The van der Waals surface area contributed by atoms with E-state index in [0.29, 0.717) is 17.9 Å². The normalized spacial score (nSPS) is 12.3. The molecule has 7 heteroatoms. The molecule has 0 aliphatic rings. The average molecular weight is 360 g/mol. The van der Waals surface area contributed by atoms with Crippen molar-refractivity contribution >= 4 is 17.0 Å². The van der Waals surface area contributed by atoms with Crippen molar-refractivity contribution in [3.63, 3.8) is 0 Å². The van der Waals surface area contributed by atoms with E-state index < -0.39 is 18.6 Å². The number of fused-ring (bicyclic) bond motifs is 1. The molecular weight excluding hydrogens is 342 g/mol. The fraction of sp³-hybridized carbons (Fsp3) is 0.263. The molecular formula is C19H18F2N2O3. The van der Waals surface area contributed by atoms with Crippen LogP contribution in [0.3, 0.4) is 0 Å². The predicted octanol–water partition coefficient (Wildman–Crippen LogP) is 4.75. The zero-order valence-electron chi connectivity index (χ0n) is 14.4. The summed E-state index contributed by atoms with van der Waals surface area (Å²) >= 11 is 0. The van der Waals surface area contributed by atoms with E-state index in [1.165, 1.54) is 6.92 Å². The van der Waals surface area contributed by atoms with Crippen LogP contribution in [-0.2, 0) is 4.74 Å². The van der Waals surface area contributed by atoms with E-state index in [0.717, 1.165) is 4.57 Å². The number of para-hydroxylation sites is 3. The molecule has 1 heterocycles. The summed E-state index contributed by atoms with van der Waals surface area (Å²) in [7, 11) is 0. The van der Waals surface area contributed by atoms with Gasteiger partial charge in [0, 0.05) is 0 Å². The standard InChI is InChI=1S/C19H18F2N2O3/c1-3-25-16-11-7-4-8-13(16)18(24)26-12(2)17-22-14-9-5-6-10-15(14)23(17)19(20)21/h4-12,19H,3H2,1-2H3. The number of benzene rings is 2. The van der Waals surface area contributed by atoms with Crippen LogP contribution in [0, 0.1) is 0 Å². The molecule has 0 fully saturated rings. The number of imidazole rings is 1. The number of esters is 1. The second kappa shape index (κ2) is 7.51. The van der Waals surface area contributed by atoms with Crippen molar-refractivity contribution in [3.05, 3.63) is 59.9 Å². The van der Waals surface area contributed by atoms with Crippen LogP contribution < -0.4 is 4.74 Å². The molecule has 0 aliphatic carbocycles. The first kappa shape index (κ1) is 17.8. The van der Waals surface area contributed by atoms with Crippen molar-refractivity contribution in [1.29, 1.82) is 0 Å². The highest BCUT2D eigenvalue weighted by molar-refractivity contribution is 5.92. The molecule has 1 atom stereocenters. The van der Waals surface area contributed by atoms with Crippen LogP contribution in [0.5, 0.6) is 5.75 Å². The zero-order chi connectivity index (χ0) is 18.7. The first-order chi connectivity index (χ1) is 12.5. The summed E-state index contributed by atoms with van der Waals surface area (Å²) in [6, 6.07) is 13.2. The quantitative estimate of drug-likeness (QED) is 0.596. The largest absolute Gasteiger partial charge is 0.493 e. The first-order valence-corrected chi connectivity index (χ1v) is 8.20. The van der Waals surface area contributed by atoms with Gasteiger partial charge in [0.1, 0.15) is 11.3 Å². The number of carbonyl (C=O) groups excluding carboxylic acids is 1. The lowest BCUT2D eigenvalue weighted by Gasteiger charge is -2.16. The minimum Gasteiger partial charge on any atom is -0.493 e. The molecule has 1 unspecified atom stereocenters. The molecule has 2 aromatic carbocycles. The second-order valence-corrected chi connectivity index (χ2v) is 5.58. The van der Waals surface area contributed by atoms with Gasteiger partial charge in [0.25, 0.3) is 0 Å². The predicted molar refractivity (Wildman–Crippen MR) is 92.4 cm³/mol. The van der Waals surface area contributed by atoms with Crippen LogP contribution in [0.1, 0.15) is 42.7 Å². The maximum absolute atomic E-state index is 13.5. The van der Waals surface area contributed by atoms with Crippen LogP contribution in [0.15, 0.2) is 48.5 Å². The lowest BCUT2D eigenvalue weighted by Crippen LogP contribution is -2.15. The highest BCUT2D eigenvalue weighted by Gasteiger charge is 2.25. The summed E-state index contributed by atoms with van der Waals surface area (Å²) in [5, 5.41) is 0. The van der Waals surface area contributed by atoms with E-state index >= 15 is 0 Å². The summed E-state index contributed by atoms with van der Waals surface area (Å²) in [6.45, 7) is 0.909. The molecule has 0 bridgehead atoms. The number of hydrogen-bond donors (Lipinski definition) is 0. The van der Waals surface area contributed by atoms with Crippen LogP contribution in [0.4, 0.5) is 8.78 Å². The van der Waals surface area contributed by atoms with Gasteiger partial charge >= 0.3 is 12.5 Å². The molecule has 26 heavy (non-hydrogen) atoms. The van der Waals surface area contributed by atoms with Crippen LogP contribution in [-0.4, -0.2) is 22.1 Å². The lowest BCUT2D eigenvalue weighted by atomic mass is 10.2. The summed E-state index contributed by atoms with van der Waals surface area (Å²) < 4.78 is 38.7. The van der Waals surface area contributed by atoms with Gasteiger partial charge in [-0.3, -0.25) is 4.57 Å². The van der Waals surface area contributed by atoms with Gasteiger partial charge in [-0.05, 0) is 38.1 Å². The zero-order valence-corrected chi connectivity index (χ0v) is 14.4. The highest BCUT2D eigenvalue weighted by atomic mass is 19.3. The molecule has 0 amide bonds. The Hall–Kier alpha value is -2.96. The van der Waals surface area contributed by atoms with Gasteiger partial charge in [-0.15, -0.1) is 0 Å². The van der Waals surface area contributed by atoms with Gasteiger partial charge in [-0.1, -0.05) is 24.3 Å². The van der Waals surface area contributed by atoms with Gasteiger partial charge in [-0.25, -0.2) is 9.78 Å². The third-order valence-corrected chi connectivity index (χ3v) is 3.87. The maximum Gasteiger partial charge on any atom is 0.342 e. The van der Waals surface area contributed by atoms with Gasteiger partial charge < -0.3 is 9.47 Å². The van der Waals surface area contributed by atoms with E-state index in [1.807, 2.05) is 0 Å². The molecule has 0 saturated carbocycles. The number of nitrogens with zero attached hydrogens (tertiary/aromatic N) is 2. The van der Waals surface area contributed by atoms with E-state index in [9.17, 15) is 13.6 Å². The van der Waals surface area contributed by atoms with E-state index in [1.54, 1.807) is 55.5 Å². The first-order valence-electron chi connectivity index (χ1n) is 8.20. The van der Waals surface area contributed by atoms with E-state index in [-0.39, 0.29) is 16.9 Å². The van der Waals surface area contributed by atoms with Crippen molar-refractivity contribution in [3.8, 4) is 5.75 Å². The molecule has 0 aliphatic heterocycles. The fourth-order valence-electron chi connectivity index (χ4n) is 2.75. The van der Waals surface area contributed by atoms with Crippen molar-refractivity contribution in [2.24, 2.45) is 0 Å². The summed E-state index contributed by atoms with van der Waals surface area (Å²) in [6.07, 6.45) is -0.960. The Morgan fingerprint density at radius 3 is 2.58 bits per heavy atom. The minimum absolute atomic E-state index is 0.0107. The minimum atomic E-state index is -2.80. The number of halogens is 2. The monoisotopic (exact) mass is 360 g/mol. The summed E-state index contributed by atoms with van der Waals surface area (Å²) in [5.74, 6) is -0.285. The average Bonchev–Trinajstić information content (AvgIpc) is 3.02. The lowest BCUT2D eigenvalue weighted by molar-refractivity contribution is 0.0230. The number of rotatable bonds is 6. The van der Waals surface area contributed by atoms with Gasteiger partial charge in [0.05, 0.1) is 17.6 Å². The van der Waals surface area contributed by atoms with Crippen LogP contribution >= 0.6 is 0 Å². The Morgan fingerprint density at radius 2 is 1.85 bits per heavy atom. The Labute approximate surface area is 149 Å². The Kier molecular flexibility index (Phi) is 5.16. The third-order valence-electron chi connectivity index (χ3n) is 3.87. The Morgan fingerprint density at radius 1 is 1.15 bits per heavy atom. The van der Waals surface area contributed by atoms with Crippen LogP contribution in [0.2, 0.25) is 0 Å². The number of carbonyl (C=O) groups is 1. The van der Waals surface area contributed by atoms with Crippen LogP contribution in [0.25, 0.3) is 11.0 Å². The molecule has 5 nitrogen and oxygen atoms in total. The van der Waals surface area contributed by atoms with Crippen molar-refractivity contribution in [2.75, 3.05) is 6.61 Å². The molecule has 0 radical (unpaired) electrons. The number of ether oxygens (including phenoxy) is 2. The summed E-state index contributed by atoms with van der Waals surface area (Å²) in [5.41, 5.74) is 0.941. The smallest absolute Gasteiger partial charge is 0.342 e. The van der Waals surface area contributed by atoms with Crippen molar-refractivity contribution in [2.45, 2.75) is 26.5 Å². The second-order valence-electron chi connectivity index (χ2n) is 5.58. The number of hydrogen-bond acceptors (Lipinski definition) is 4. The van der Waals surface area contributed by atoms with Gasteiger partial charge in [0.2, 0.25) is 0 Å². The molecule has 3 rings (SSSR count). The maximum atomic E-state index is 13.5. The Balaban J connectivity index is 1.91. The highest BCUT2D eigenvalue weighted by Crippen LogP contribution is 2.29. The number of alkyl halides is 2. The molecule has 0 saturated heterocycles. The Bertz CT molecular complexity index is 924. The number of aromatic nitrogens is 2. The van der Waals surface area contributed by atoms with Crippen molar-refractivity contribution < 1.29 is 23.0 Å². The third kappa shape index (κ3) is 3.37. The van der Waals surface area contributed by atoms with E-state index in [2.05, 4.69) is 4.98 Å². The molecule has 0 spiro atoms. The van der Waals surface area contributed by atoms with Gasteiger partial charge in [0.15, 0.2) is 11.9 Å². The molecule has 0 N–H and O–H groups in total. The van der Waals surface area contributed by atoms with Gasteiger partial charge in [-0.2, -0.15) is 8.78 Å². The molecule has 136 valence electrons. The van der Waals surface area contributed by atoms with E-state index in [4.69, 9.17) is 9.47 Å².